The lowest BCUT2D eigenvalue weighted by Gasteiger charge is -2.16. The van der Waals surface area contributed by atoms with Crippen LogP contribution in [0.4, 0.5) is 0 Å². The fourth-order valence-electron chi connectivity index (χ4n) is 1.05. The number of carbonyl (C=O) groups excluding carboxylic acids is 2. The summed E-state index contributed by atoms with van der Waals surface area (Å²) in [6, 6.07) is -0.588. The summed E-state index contributed by atoms with van der Waals surface area (Å²) in [6.07, 6.45) is 2.37. The molecule has 0 radical (unpaired) electrons. The molecule has 0 aromatic rings. The quantitative estimate of drug-likeness (QED) is 0.574. The van der Waals surface area contributed by atoms with E-state index in [9.17, 15) is 9.59 Å². The molecule has 0 rings (SSSR count). The van der Waals surface area contributed by atoms with E-state index < -0.39 is 12.0 Å². The summed E-state index contributed by atoms with van der Waals surface area (Å²) in [5.74, 6) is -0.692. The fourth-order valence-corrected chi connectivity index (χ4v) is 1.05. The molecular weight excluding hydrogens is 206 g/mol. The average molecular weight is 227 g/mol. The number of esters is 1. The minimum Gasteiger partial charge on any atom is -0.467 e. The van der Waals surface area contributed by atoms with Gasteiger partial charge in [-0.05, 0) is 20.3 Å². The van der Waals surface area contributed by atoms with Crippen molar-refractivity contribution in [3.05, 3.63) is 11.6 Å². The van der Waals surface area contributed by atoms with Gasteiger partial charge in [0.1, 0.15) is 6.04 Å². The highest BCUT2D eigenvalue weighted by molar-refractivity contribution is 5.85. The van der Waals surface area contributed by atoms with Gasteiger partial charge in [0.25, 0.3) is 0 Å². The highest BCUT2D eigenvalue weighted by atomic mass is 16.5. The molecule has 0 heterocycles. The highest BCUT2D eigenvalue weighted by Crippen LogP contribution is 2.02. The SMILES string of the molecule is COC(=O)[C@@H](CC=C(C)C)NC(=O)C(C)C. The number of amides is 1. The Balaban J connectivity index is 4.50. The Hall–Kier alpha value is -1.32. The minimum atomic E-state index is -0.588. The third kappa shape index (κ3) is 5.53. The van der Waals surface area contributed by atoms with E-state index >= 15 is 0 Å². The number of rotatable bonds is 5. The molecule has 92 valence electrons. The topological polar surface area (TPSA) is 55.4 Å². The Morgan fingerprint density at radius 2 is 1.88 bits per heavy atom. The summed E-state index contributed by atoms with van der Waals surface area (Å²) in [5, 5.41) is 2.66. The van der Waals surface area contributed by atoms with Gasteiger partial charge in [0, 0.05) is 5.92 Å². The Morgan fingerprint density at radius 3 is 2.25 bits per heavy atom. The number of carbonyl (C=O) groups is 2. The largest absolute Gasteiger partial charge is 0.467 e. The van der Waals surface area contributed by atoms with Crippen molar-refractivity contribution in [2.24, 2.45) is 5.92 Å². The molecule has 0 unspecified atom stereocenters. The van der Waals surface area contributed by atoms with Crippen LogP contribution in [0.5, 0.6) is 0 Å². The van der Waals surface area contributed by atoms with Gasteiger partial charge >= 0.3 is 5.97 Å². The van der Waals surface area contributed by atoms with Crippen molar-refractivity contribution in [3.8, 4) is 0 Å². The molecule has 0 aromatic heterocycles. The molecule has 1 N–H and O–H groups in total. The molecule has 0 aliphatic carbocycles. The second-order valence-electron chi connectivity index (χ2n) is 4.26. The molecular formula is C12H21NO3. The van der Waals surface area contributed by atoms with E-state index in [-0.39, 0.29) is 11.8 Å². The lowest BCUT2D eigenvalue weighted by atomic mass is 10.1. The first-order valence-corrected chi connectivity index (χ1v) is 5.40. The van der Waals surface area contributed by atoms with Gasteiger partial charge in [0.05, 0.1) is 7.11 Å². The van der Waals surface area contributed by atoms with E-state index in [1.54, 1.807) is 13.8 Å². The number of hydrogen-bond donors (Lipinski definition) is 1. The monoisotopic (exact) mass is 227 g/mol. The zero-order chi connectivity index (χ0) is 12.7. The third-order valence-corrected chi connectivity index (χ3v) is 2.09. The van der Waals surface area contributed by atoms with Crippen LogP contribution in [0, 0.1) is 5.92 Å². The molecule has 0 bridgehead atoms. The van der Waals surface area contributed by atoms with Crippen LogP contribution in [0.15, 0.2) is 11.6 Å². The maximum absolute atomic E-state index is 11.5. The summed E-state index contributed by atoms with van der Waals surface area (Å²) in [4.78, 5) is 22.9. The van der Waals surface area contributed by atoms with Gasteiger partial charge in [-0.15, -0.1) is 0 Å². The van der Waals surface area contributed by atoms with Gasteiger partial charge in [0.15, 0.2) is 0 Å². The van der Waals surface area contributed by atoms with E-state index in [2.05, 4.69) is 10.1 Å². The number of hydrogen-bond acceptors (Lipinski definition) is 3. The van der Waals surface area contributed by atoms with Crippen LogP contribution in [-0.2, 0) is 14.3 Å². The lowest BCUT2D eigenvalue weighted by Crippen LogP contribution is -2.43. The van der Waals surface area contributed by atoms with Gasteiger partial charge in [-0.2, -0.15) is 0 Å². The second kappa shape index (κ2) is 7.04. The first-order chi connectivity index (χ1) is 7.38. The Bertz CT molecular complexity index is 278. The Labute approximate surface area is 97.1 Å². The van der Waals surface area contributed by atoms with Crippen LogP contribution in [-0.4, -0.2) is 25.0 Å². The number of nitrogens with one attached hydrogen (secondary N) is 1. The zero-order valence-corrected chi connectivity index (χ0v) is 10.7. The molecule has 4 nitrogen and oxygen atoms in total. The predicted octanol–water partition coefficient (Wildman–Crippen LogP) is 1.66. The van der Waals surface area contributed by atoms with Crippen molar-refractivity contribution in [3.63, 3.8) is 0 Å². The highest BCUT2D eigenvalue weighted by Gasteiger charge is 2.21. The average Bonchev–Trinajstić information content (AvgIpc) is 2.22. The molecule has 0 saturated carbocycles. The van der Waals surface area contributed by atoms with Crippen LogP contribution in [0.3, 0.4) is 0 Å². The molecule has 4 heteroatoms. The van der Waals surface area contributed by atoms with Crippen molar-refractivity contribution in [2.45, 2.75) is 40.2 Å². The van der Waals surface area contributed by atoms with Crippen LogP contribution in [0.25, 0.3) is 0 Å². The standard InChI is InChI=1S/C12H21NO3/c1-8(2)6-7-10(12(15)16-5)13-11(14)9(3)4/h6,9-10H,7H2,1-5H3,(H,13,14)/t10-/m1/s1. The summed E-state index contributed by atoms with van der Waals surface area (Å²) in [7, 11) is 1.32. The van der Waals surface area contributed by atoms with Gasteiger partial charge in [-0.3, -0.25) is 4.79 Å². The summed E-state index contributed by atoms with van der Waals surface area (Å²) in [5.41, 5.74) is 1.10. The van der Waals surface area contributed by atoms with Crippen molar-refractivity contribution < 1.29 is 14.3 Å². The molecule has 0 aliphatic heterocycles. The Morgan fingerprint density at radius 1 is 1.31 bits per heavy atom. The van der Waals surface area contributed by atoms with Gasteiger partial charge in [-0.1, -0.05) is 25.5 Å². The van der Waals surface area contributed by atoms with E-state index in [0.717, 1.165) is 5.57 Å². The molecule has 1 atom stereocenters. The van der Waals surface area contributed by atoms with Gasteiger partial charge < -0.3 is 10.1 Å². The van der Waals surface area contributed by atoms with Crippen molar-refractivity contribution in [1.82, 2.24) is 5.32 Å². The number of allylic oxidation sites excluding steroid dienone is 1. The molecule has 16 heavy (non-hydrogen) atoms. The van der Waals surface area contributed by atoms with E-state index in [4.69, 9.17) is 0 Å². The van der Waals surface area contributed by atoms with E-state index in [1.165, 1.54) is 7.11 Å². The molecule has 0 aromatic carbocycles. The summed E-state index contributed by atoms with van der Waals surface area (Å²) >= 11 is 0. The lowest BCUT2D eigenvalue weighted by molar-refractivity contribution is -0.145. The zero-order valence-electron chi connectivity index (χ0n) is 10.7. The predicted molar refractivity (Wildman–Crippen MR) is 62.8 cm³/mol. The smallest absolute Gasteiger partial charge is 0.328 e. The third-order valence-electron chi connectivity index (χ3n) is 2.09. The summed E-state index contributed by atoms with van der Waals surface area (Å²) in [6.45, 7) is 7.45. The number of ether oxygens (including phenoxy) is 1. The van der Waals surface area contributed by atoms with Gasteiger partial charge in [0.2, 0.25) is 5.91 Å². The van der Waals surface area contributed by atoms with E-state index in [0.29, 0.717) is 6.42 Å². The van der Waals surface area contributed by atoms with Crippen LogP contribution in [0.2, 0.25) is 0 Å². The van der Waals surface area contributed by atoms with E-state index in [1.807, 2.05) is 19.9 Å². The molecule has 0 aliphatic rings. The molecule has 1 amide bonds. The van der Waals surface area contributed by atoms with Crippen molar-refractivity contribution in [1.29, 1.82) is 0 Å². The van der Waals surface area contributed by atoms with Crippen LogP contribution < -0.4 is 5.32 Å². The maximum atomic E-state index is 11.5. The Kier molecular flexibility index (Phi) is 6.46. The first kappa shape index (κ1) is 14.7. The molecule has 0 saturated heterocycles. The molecule has 0 spiro atoms. The van der Waals surface area contributed by atoms with Crippen LogP contribution >= 0.6 is 0 Å². The maximum Gasteiger partial charge on any atom is 0.328 e. The normalized spacial score (nSPS) is 11.9. The van der Waals surface area contributed by atoms with Crippen molar-refractivity contribution in [2.75, 3.05) is 7.11 Å². The van der Waals surface area contributed by atoms with Crippen molar-refractivity contribution >= 4 is 11.9 Å². The summed E-state index contributed by atoms with van der Waals surface area (Å²) < 4.78 is 4.64. The van der Waals surface area contributed by atoms with Crippen LogP contribution in [0.1, 0.15) is 34.1 Å². The minimum absolute atomic E-state index is 0.140. The molecule has 0 fully saturated rings. The second-order valence-corrected chi connectivity index (χ2v) is 4.26. The fraction of sp³-hybridized carbons (Fsp3) is 0.667. The first-order valence-electron chi connectivity index (χ1n) is 5.40. The number of methoxy groups -OCH3 is 1. The van der Waals surface area contributed by atoms with Gasteiger partial charge in [-0.25, -0.2) is 4.79 Å².